The first-order valence-electron chi connectivity index (χ1n) is 5.47. The quantitative estimate of drug-likeness (QED) is 0.766. The Hall–Kier alpha value is -1.72. The predicted octanol–water partition coefficient (Wildman–Crippen LogP) is 1.96. The van der Waals surface area contributed by atoms with Crippen molar-refractivity contribution in [1.82, 2.24) is 14.6 Å². The van der Waals surface area contributed by atoms with Gasteiger partial charge in [0.2, 0.25) is 4.96 Å². The number of nitrogens with zero attached hydrogens (tertiary/aromatic N) is 3. The summed E-state index contributed by atoms with van der Waals surface area (Å²) in [5, 5.41) is 6.59. The van der Waals surface area contributed by atoms with E-state index in [1.807, 2.05) is 34.8 Å². The fourth-order valence-corrected chi connectivity index (χ4v) is 2.61. The molecule has 1 aromatic carbocycles. The molecule has 2 aromatic heterocycles. The van der Waals surface area contributed by atoms with Gasteiger partial charge in [-0.25, -0.2) is 4.52 Å². The molecule has 0 spiro atoms. The van der Waals surface area contributed by atoms with Gasteiger partial charge in [-0.3, -0.25) is 0 Å². The molecule has 0 fully saturated rings. The maximum Gasteiger partial charge on any atom is 0.212 e. The first-order valence-corrected chi connectivity index (χ1v) is 6.35. The molecular weight excluding hydrogens is 232 g/mol. The standard InChI is InChI=1S/C12H12N4S/c13-7-6-10-8-17-12-14-11(15-16(10)12)9-4-2-1-3-5-9/h1-5,8H,6-7,13H2. The van der Waals surface area contributed by atoms with Crippen LogP contribution >= 0.6 is 11.3 Å². The van der Waals surface area contributed by atoms with E-state index in [9.17, 15) is 0 Å². The van der Waals surface area contributed by atoms with Gasteiger partial charge in [-0.1, -0.05) is 30.3 Å². The molecule has 5 heteroatoms. The molecular formula is C12H12N4S. The van der Waals surface area contributed by atoms with E-state index in [4.69, 9.17) is 5.73 Å². The summed E-state index contributed by atoms with van der Waals surface area (Å²) < 4.78 is 1.89. The van der Waals surface area contributed by atoms with Crippen LogP contribution in [0, 0.1) is 0 Å². The number of thiazole rings is 1. The maximum atomic E-state index is 5.57. The number of nitrogens with two attached hydrogens (primary N) is 1. The summed E-state index contributed by atoms with van der Waals surface area (Å²) in [6.45, 7) is 0.631. The fourth-order valence-electron chi connectivity index (χ4n) is 1.75. The topological polar surface area (TPSA) is 56.2 Å². The molecule has 0 amide bonds. The van der Waals surface area contributed by atoms with Crippen LogP contribution in [0.15, 0.2) is 35.7 Å². The van der Waals surface area contributed by atoms with Crippen molar-refractivity contribution in [3.63, 3.8) is 0 Å². The first kappa shape index (κ1) is 10.4. The van der Waals surface area contributed by atoms with Gasteiger partial charge in [-0.05, 0) is 6.54 Å². The largest absolute Gasteiger partial charge is 0.330 e. The Morgan fingerprint density at radius 2 is 2.06 bits per heavy atom. The molecule has 0 bridgehead atoms. The van der Waals surface area contributed by atoms with Crippen molar-refractivity contribution in [3.05, 3.63) is 41.4 Å². The number of benzene rings is 1. The molecule has 0 aliphatic heterocycles. The second kappa shape index (κ2) is 4.27. The second-order valence-electron chi connectivity index (χ2n) is 3.76. The van der Waals surface area contributed by atoms with Gasteiger partial charge < -0.3 is 5.73 Å². The number of fused-ring (bicyclic) bond motifs is 1. The van der Waals surface area contributed by atoms with Crippen LogP contribution in [0.1, 0.15) is 5.69 Å². The Balaban J connectivity index is 2.08. The smallest absolute Gasteiger partial charge is 0.212 e. The zero-order valence-electron chi connectivity index (χ0n) is 9.21. The highest BCUT2D eigenvalue weighted by Gasteiger charge is 2.10. The van der Waals surface area contributed by atoms with Crippen molar-refractivity contribution in [2.75, 3.05) is 6.54 Å². The summed E-state index contributed by atoms with van der Waals surface area (Å²) in [6, 6.07) is 10.0. The second-order valence-corrected chi connectivity index (χ2v) is 4.60. The SMILES string of the molecule is NCCc1csc2nc(-c3ccccc3)nn12. The minimum absolute atomic E-state index is 0.631. The summed E-state index contributed by atoms with van der Waals surface area (Å²) in [7, 11) is 0. The minimum Gasteiger partial charge on any atom is -0.330 e. The van der Waals surface area contributed by atoms with Gasteiger partial charge in [0.05, 0.1) is 5.69 Å². The number of hydrogen-bond donors (Lipinski definition) is 1. The van der Waals surface area contributed by atoms with Crippen LogP contribution in [0.25, 0.3) is 16.3 Å². The molecule has 86 valence electrons. The average Bonchev–Trinajstić information content (AvgIpc) is 2.93. The molecule has 0 radical (unpaired) electrons. The molecule has 4 nitrogen and oxygen atoms in total. The van der Waals surface area contributed by atoms with E-state index >= 15 is 0 Å². The highest BCUT2D eigenvalue weighted by molar-refractivity contribution is 7.15. The molecule has 0 aliphatic rings. The van der Waals surface area contributed by atoms with Crippen LogP contribution in [0.3, 0.4) is 0 Å². The summed E-state index contributed by atoms with van der Waals surface area (Å²) >= 11 is 1.60. The number of hydrogen-bond acceptors (Lipinski definition) is 4. The Bertz CT molecular complexity index is 626. The zero-order chi connectivity index (χ0) is 11.7. The number of aromatic nitrogens is 3. The highest BCUT2D eigenvalue weighted by atomic mass is 32.1. The molecule has 0 saturated heterocycles. The monoisotopic (exact) mass is 244 g/mol. The Labute approximate surface area is 103 Å². The van der Waals surface area contributed by atoms with Crippen molar-refractivity contribution < 1.29 is 0 Å². The maximum absolute atomic E-state index is 5.57. The van der Waals surface area contributed by atoms with Crippen molar-refractivity contribution in [1.29, 1.82) is 0 Å². The lowest BCUT2D eigenvalue weighted by Gasteiger charge is -1.94. The lowest BCUT2D eigenvalue weighted by Crippen LogP contribution is -2.05. The van der Waals surface area contributed by atoms with Gasteiger partial charge in [-0.2, -0.15) is 4.98 Å². The first-order chi connectivity index (χ1) is 8.38. The van der Waals surface area contributed by atoms with Crippen LogP contribution < -0.4 is 5.73 Å². The Morgan fingerprint density at radius 3 is 2.82 bits per heavy atom. The minimum atomic E-state index is 0.631. The van der Waals surface area contributed by atoms with Crippen LogP contribution in [0.2, 0.25) is 0 Å². The van der Waals surface area contributed by atoms with Crippen LogP contribution in [0.5, 0.6) is 0 Å². The van der Waals surface area contributed by atoms with E-state index in [0.717, 1.165) is 28.5 Å². The Kier molecular flexibility index (Phi) is 2.62. The molecule has 3 rings (SSSR count). The summed E-state index contributed by atoms with van der Waals surface area (Å²) in [5.41, 5.74) is 7.74. The summed E-state index contributed by atoms with van der Waals surface area (Å²) in [4.78, 5) is 5.44. The van der Waals surface area contributed by atoms with E-state index in [1.54, 1.807) is 11.3 Å². The van der Waals surface area contributed by atoms with Crippen LogP contribution in [-0.4, -0.2) is 21.1 Å². The van der Waals surface area contributed by atoms with Gasteiger partial charge in [0, 0.05) is 17.4 Å². The number of rotatable bonds is 3. The van der Waals surface area contributed by atoms with Crippen molar-refractivity contribution in [3.8, 4) is 11.4 Å². The highest BCUT2D eigenvalue weighted by Crippen LogP contribution is 2.20. The average molecular weight is 244 g/mol. The molecule has 17 heavy (non-hydrogen) atoms. The van der Waals surface area contributed by atoms with E-state index in [-0.39, 0.29) is 0 Å². The van der Waals surface area contributed by atoms with Gasteiger partial charge >= 0.3 is 0 Å². The van der Waals surface area contributed by atoms with E-state index in [2.05, 4.69) is 15.5 Å². The van der Waals surface area contributed by atoms with Gasteiger partial charge in [0.25, 0.3) is 0 Å². The van der Waals surface area contributed by atoms with E-state index in [1.165, 1.54) is 0 Å². The zero-order valence-corrected chi connectivity index (χ0v) is 10.0. The van der Waals surface area contributed by atoms with Gasteiger partial charge in [0.1, 0.15) is 0 Å². The van der Waals surface area contributed by atoms with E-state index in [0.29, 0.717) is 6.54 Å². The van der Waals surface area contributed by atoms with Gasteiger partial charge in [0.15, 0.2) is 5.82 Å². The molecule has 3 aromatic rings. The molecule has 0 unspecified atom stereocenters. The molecule has 2 heterocycles. The van der Waals surface area contributed by atoms with Crippen LogP contribution in [0.4, 0.5) is 0 Å². The normalized spacial score (nSPS) is 11.1. The van der Waals surface area contributed by atoms with Crippen molar-refractivity contribution >= 4 is 16.3 Å². The molecule has 0 aliphatic carbocycles. The van der Waals surface area contributed by atoms with Crippen molar-refractivity contribution in [2.24, 2.45) is 5.73 Å². The fraction of sp³-hybridized carbons (Fsp3) is 0.167. The summed E-state index contributed by atoms with van der Waals surface area (Å²) in [6.07, 6.45) is 0.831. The molecule has 2 N–H and O–H groups in total. The van der Waals surface area contributed by atoms with E-state index < -0.39 is 0 Å². The third-order valence-corrected chi connectivity index (χ3v) is 3.45. The molecule has 0 atom stereocenters. The predicted molar refractivity (Wildman–Crippen MR) is 69.1 cm³/mol. The lowest BCUT2D eigenvalue weighted by atomic mass is 10.2. The molecule has 0 saturated carbocycles. The van der Waals surface area contributed by atoms with Gasteiger partial charge in [-0.15, -0.1) is 16.4 Å². The third-order valence-electron chi connectivity index (χ3n) is 2.58. The third kappa shape index (κ3) is 1.83. The summed E-state index contributed by atoms with van der Waals surface area (Å²) in [5.74, 6) is 0.774. The Morgan fingerprint density at radius 1 is 1.24 bits per heavy atom. The lowest BCUT2D eigenvalue weighted by molar-refractivity contribution is 0.844. The van der Waals surface area contributed by atoms with Crippen molar-refractivity contribution in [2.45, 2.75) is 6.42 Å². The van der Waals surface area contributed by atoms with Crippen LogP contribution in [-0.2, 0) is 6.42 Å².